The van der Waals surface area contributed by atoms with Crippen molar-refractivity contribution in [3.63, 3.8) is 0 Å². The zero-order valence-corrected chi connectivity index (χ0v) is 14.9. The number of hydrogen-bond acceptors (Lipinski definition) is 3. The fourth-order valence-corrected chi connectivity index (χ4v) is 3.44. The van der Waals surface area contributed by atoms with Crippen molar-refractivity contribution in [3.8, 4) is 0 Å². The number of pyridine rings is 1. The number of fused-ring (bicyclic) bond motifs is 1. The molecule has 0 atom stereocenters. The van der Waals surface area contributed by atoms with Gasteiger partial charge in [-0.2, -0.15) is 0 Å². The van der Waals surface area contributed by atoms with Gasteiger partial charge < -0.3 is 14.2 Å². The number of piperazine rings is 1. The first-order chi connectivity index (χ1) is 12.6. The van der Waals surface area contributed by atoms with E-state index in [4.69, 9.17) is 11.6 Å². The minimum absolute atomic E-state index is 0.0413. The molecule has 7 heteroatoms. The number of amides is 1. The molecule has 0 aliphatic carbocycles. The van der Waals surface area contributed by atoms with Crippen molar-refractivity contribution >= 4 is 28.8 Å². The van der Waals surface area contributed by atoms with Crippen LogP contribution in [0.15, 0.2) is 48.8 Å². The summed E-state index contributed by atoms with van der Waals surface area (Å²) in [5.41, 5.74) is 2.37. The molecule has 4 rings (SSSR count). The lowest BCUT2D eigenvalue weighted by molar-refractivity contribution is -0.130. The molecule has 0 N–H and O–H groups in total. The highest BCUT2D eigenvalue weighted by molar-refractivity contribution is 6.30. The van der Waals surface area contributed by atoms with Gasteiger partial charge in [0, 0.05) is 49.3 Å². The number of carbonyl (C=O) groups excluding carboxylic acids is 1. The molecule has 2 aromatic heterocycles. The van der Waals surface area contributed by atoms with Gasteiger partial charge in [0.15, 0.2) is 0 Å². The Morgan fingerprint density at radius 3 is 2.69 bits per heavy atom. The normalized spacial score (nSPS) is 14.8. The third-order valence-electron chi connectivity index (χ3n) is 4.60. The van der Waals surface area contributed by atoms with Gasteiger partial charge in [-0.3, -0.25) is 4.79 Å². The van der Waals surface area contributed by atoms with Crippen LogP contribution in [0.2, 0.25) is 5.02 Å². The van der Waals surface area contributed by atoms with E-state index in [0.29, 0.717) is 29.5 Å². The molecule has 134 valence electrons. The number of aromatic nitrogens is 2. The monoisotopic (exact) mass is 372 g/mol. The molecule has 1 aliphatic rings. The van der Waals surface area contributed by atoms with Gasteiger partial charge in [-0.15, -0.1) is 0 Å². The SMILES string of the molecule is O=C(Cc1cn2cc(F)ccc2n1)N1CCN(c2cccc(Cl)c2)CC1. The Morgan fingerprint density at radius 1 is 1.12 bits per heavy atom. The zero-order chi connectivity index (χ0) is 18.1. The Kier molecular flexibility index (Phi) is 4.51. The van der Waals surface area contributed by atoms with E-state index in [9.17, 15) is 9.18 Å². The van der Waals surface area contributed by atoms with Crippen molar-refractivity contribution in [2.75, 3.05) is 31.1 Å². The summed E-state index contributed by atoms with van der Waals surface area (Å²) in [4.78, 5) is 21.0. The Labute approximate surface area is 155 Å². The van der Waals surface area contributed by atoms with Crippen LogP contribution in [0.3, 0.4) is 0 Å². The molecule has 0 bridgehead atoms. The van der Waals surface area contributed by atoms with E-state index < -0.39 is 0 Å². The summed E-state index contributed by atoms with van der Waals surface area (Å²) in [5.74, 6) is -0.287. The van der Waals surface area contributed by atoms with E-state index >= 15 is 0 Å². The summed E-state index contributed by atoms with van der Waals surface area (Å²) in [6, 6.07) is 10.7. The number of hydrogen-bond donors (Lipinski definition) is 0. The zero-order valence-electron chi connectivity index (χ0n) is 14.1. The molecule has 3 heterocycles. The summed E-state index contributed by atoms with van der Waals surface area (Å²) in [6.07, 6.45) is 3.29. The van der Waals surface area contributed by atoms with Gasteiger partial charge in [0.25, 0.3) is 0 Å². The minimum Gasteiger partial charge on any atom is -0.368 e. The number of carbonyl (C=O) groups is 1. The molecule has 5 nitrogen and oxygen atoms in total. The molecule has 1 aromatic carbocycles. The summed E-state index contributed by atoms with van der Waals surface area (Å²) >= 11 is 6.05. The van der Waals surface area contributed by atoms with Gasteiger partial charge in [0.1, 0.15) is 11.5 Å². The first kappa shape index (κ1) is 16.8. The van der Waals surface area contributed by atoms with Crippen LogP contribution >= 0.6 is 11.6 Å². The van der Waals surface area contributed by atoms with E-state index in [-0.39, 0.29) is 18.1 Å². The molecule has 1 amide bonds. The van der Waals surface area contributed by atoms with Crippen molar-refractivity contribution in [1.82, 2.24) is 14.3 Å². The fraction of sp³-hybridized carbons (Fsp3) is 0.263. The lowest BCUT2D eigenvalue weighted by Crippen LogP contribution is -2.49. The number of rotatable bonds is 3. The maximum Gasteiger partial charge on any atom is 0.228 e. The van der Waals surface area contributed by atoms with Crippen molar-refractivity contribution in [2.45, 2.75) is 6.42 Å². The van der Waals surface area contributed by atoms with Gasteiger partial charge in [-0.05, 0) is 30.3 Å². The van der Waals surface area contributed by atoms with Crippen LogP contribution in [0.25, 0.3) is 5.65 Å². The second-order valence-corrected chi connectivity index (χ2v) is 6.81. The van der Waals surface area contributed by atoms with Crippen LogP contribution < -0.4 is 4.90 Å². The molecular weight excluding hydrogens is 355 g/mol. The molecule has 1 fully saturated rings. The third-order valence-corrected chi connectivity index (χ3v) is 4.84. The van der Waals surface area contributed by atoms with Crippen LogP contribution in [0.1, 0.15) is 5.69 Å². The van der Waals surface area contributed by atoms with Crippen LogP contribution in [-0.4, -0.2) is 46.4 Å². The number of benzene rings is 1. The number of nitrogens with zero attached hydrogens (tertiary/aromatic N) is 4. The number of halogens is 2. The summed E-state index contributed by atoms with van der Waals surface area (Å²) in [7, 11) is 0. The first-order valence-corrected chi connectivity index (χ1v) is 8.88. The average Bonchev–Trinajstić information content (AvgIpc) is 3.03. The molecule has 3 aromatic rings. The van der Waals surface area contributed by atoms with E-state index in [2.05, 4.69) is 9.88 Å². The Morgan fingerprint density at radius 2 is 1.92 bits per heavy atom. The van der Waals surface area contributed by atoms with Gasteiger partial charge in [0.2, 0.25) is 5.91 Å². The molecule has 1 aliphatic heterocycles. The van der Waals surface area contributed by atoms with Crippen molar-refractivity contribution in [3.05, 3.63) is 65.3 Å². The predicted octanol–water partition coefficient (Wildman–Crippen LogP) is 3.02. The lowest BCUT2D eigenvalue weighted by atomic mass is 10.2. The Bertz CT molecular complexity index is 950. The topological polar surface area (TPSA) is 40.9 Å². The van der Waals surface area contributed by atoms with Gasteiger partial charge >= 0.3 is 0 Å². The third kappa shape index (κ3) is 3.51. The minimum atomic E-state index is -0.329. The quantitative estimate of drug-likeness (QED) is 0.709. The molecule has 1 saturated heterocycles. The number of anilines is 1. The second-order valence-electron chi connectivity index (χ2n) is 6.37. The van der Waals surface area contributed by atoms with Crippen LogP contribution in [0, 0.1) is 5.82 Å². The highest BCUT2D eigenvalue weighted by Gasteiger charge is 2.22. The summed E-state index contributed by atoms with van der Waals surface area (Å²) in [5, 5.41) is 0.712. The van der Waals surface area contributed by atoms with Crippen LogP contribution in [0.4, 0.5) is 10.1 Å². The number of imidazole rings is 1. The van der Waals surface area contributed by atoms with Crippen molar-refractivity contribution < 1.29 is 9.18 Å². The molecule has 0 saturated carbocycles. The maximum atomic E-state index is 13.3. The Balaban J connectivity index is 1.38. The highest BCUT2D eigenvalue weighted by Crippen LogP contribution is 2.21. The van der Waals surface area contributed by atoms with Gasteiger partial charge in [0.05, 0.1) is 12.1 Å². The van der Waals surface area contributed by atoms with E-state index in [1.54, 1.807) is 16.7 Å². The summed E-state index contributed by atoms with van der Waals surface area (Å²) < 4.78 is 14.9. The summed E-state index contributed by atoms with van der Waals surface area (Å²) in [6.45, 7) is 2.85. The molecule has 0 radical (unpaired) electrons. The highest BCUT2D eigenvalue weighted by atomic mass is 35.5. The standard InChI is InChI=1S/C19H18ClFN4O/c20-14-2-1-3-17(10-14)23-6-8-24(9-7-23)19(26)11-16-13-25-12-15(21)4-5-18(25)22-16/h1-5,10,12-13H,6-9,11H2. The van der Waals surface area contributed by atoms with Crippen LogP contribution in [-0.2, 0) is 11.2 Å². The molecular formula is C19H18ClFN4O. The second kappa shape index (κ2) is 6.96. The molecule has 0 spiro atoms. The van der Waals surface area contributed by atoms with Crippen LogP contribution in [0.5, 0.6) is 0 Å². The molecule has 0 unspecified atom stereocenters. The van der Waals surface area contributed by atoms with E-state index in [1.807, 2.05) is 29.2 Å². The van der Waals surface area contributed by atoms with E-state index in [1.165, 1.54) is 12.3 Å². The largest absolute Gasteiger partial charge is 0.368 e. The maximum absolute atomic E-state index is 13.3. The van der Waals surface area contributed by atoms with Crippen molar-refractivity contribution in [2.24, 2.45) is 0 Å². The first-order valence-electron chi connectivity index (χ1n) is 8.50. The average molecular weight is 373 g/mol. The lowest BCUT2D eigenvalue weighted by Gasteiger charge is -2.36. The van der Waals surface area contributed by atoms with E-state index in [0.717, 1.165) is 18.8 Å². The smallest absolute Gasteiger partial charge is 0.228 e. The Hall–Kier alpha value is -2.60. The molecule has 26 heavy (non-hydrogen) atoms. The van der Waals surface area contributed by atoms with Gasteiger partial charge in [-0.1, -0.05) is 17.7 Å². The van der Waals surface area contributed by atoms with Gasteiger partial charge in [-0.25, -0.2) is 9.37 Å². The predicted molar refractivity (Wildman–Crippen MR) is 99.1 cm³/mol. The van der Waals surface area contributed by atoms with Crippen molar-refractivity contribution in [1.29, 1.82) is 0 Å². The fourth-order valence-electron chi connectivity index (χ4n) is 3.26.